The Kier molecular flexibility index (Phi) is 6.69. The van der Waals surface area contributed by atoms with Crippen LogP contribution in [0.5, 0.6) is 0 Å². The molecule has 1 fully saturated rings. The third-order valence-electron chi connectivity index (χ3n) is 6.01. The summed E-state index contributed by atoms with van der Waals surface area (Å²) in [4.78, 5) is 5.48. The van der Waals surface area contributed by atoms with E-state index in [1.165, 1.54) is 29.2 Å². The number of likely N-dealkylation sites (tertiary alicyclic amines) is 1. The van der Waals surface area contributed by atoms with Crippen molar-refractivity contribution in [3.05, 3.63) is 70.6 Å². The number of aromatic nitrogens is 2. The van der Waals surface area contributed by atoms with E-state index in [0.29, 0.717) is 12.0 Å². The van der Waals surface area contributed by atoms with Crippen LogP contribution in [0.4, 0.5) is 26.3 Å². The van der Waals surface area contributed by atoms with Gasteiger partial charge in [0.15, 0.2) is 5.96 Å². The number of nitrogens with zero attached hydrogens (tertiary/aromatic N) is 3. The molecule has 2 atom stereocenters. The molecule has 36 heavy (non-hydrogen) atoms. The Morgan fingerprint density at radius 1 is 1.06 bits per heavy atom. The van der Waals surface area contributed by atoms with E-state index in [2.05, 4.69) is 10.1 Å². The topological polar surface area (TPSA) is 112 Å². The number of nitrogens with two attached hydrogens (primary N) is 1. The largest absolute Gasteiger partial charge is 0.416 e. The molecule has 0 unspecified atom stereocenters. The van der Waals surface area contributed by atoms with Gasteiger partial charge in [-0.3, -0.25) is 5.41 Å². The van der Waals surface area contributed by atoms with Gasteiger partial charge < -0.3 is 20.3 Å². The van der Waals surface area contributed by atoms with E-state index in [0.717, 1.165) is 18.2 Å². The Morgan fingerprint density at radius 2 is 1.75 bits per heavy atom. The van der Waals surface area contributed by atoms with Gasteiger partial charge in [-0.15, -0.1) is 0 Å². The van der Waals surface area contributed by atoms with E-state index >= 15 is 0 Å². The van der Waals surface area contributed by atoms with Crippen molar-refractivity contribution in [1.82, 2.24) is 15.0 Å². The SMILES string of the molecule is N=C(N)N1CC[C@H](O)[C@H]1c1nc(-c2ccc(CCc3ccc(C(F)(F)F)cc3)c(C(F)(F)F)c2)no1. The lowest BCUT2D eigenvalue weighted by molar-refractivity contribution is -0.138. The molecule has 2 aromatic carbocycles. The van der Waals surface area contributed by atoms with Crippen LogP contribution in [0, 0.1) is 5.41 Å². The van der Waals surface area contributed by atoms with Gasteiger partial charge in [0.2, 0.25) is 5.82 Å². The summed E-state index contributed by atoms with van der Waals surface area (Å²) in [7, 11) is 0. The smallest absolute Gasteiger partial charge is 0.390 e. The molecule has 1 saturated heterocycles. The number of alkyl halides is 6. The minimum absolute atomic E-state index is 0.0254. The van der Waals surface area contributed by atoms with Gasteiger partial charge in [-0.25, -0.2) is 0 Å². The van der Waals surface area contributed by atoms with Crippen molar-refractivity contribution in [1.29, 1.82) is 5.41 Å². The highest BCUT2D eigenvalue weighted by Gasteiger charge is 2.39. The van der Waals surface area contributed by atoms with Gasteiger partial charge in [0.25, 0.3) is 5.89 Å². The highest BCUT2D eigenvalue weighted by molar-refractivity contribution is 5.75. The van der Waals surface area contributed by atoms with Crippen LogP contribution in [0.2, 0.25) is 0 Å². The molecule has 1 aliphatic heterocycles. The van der Waals surface area contributed by atoms with Crippen LogP contribution in [0.1, 0.15) is 40.6 Å². The minimum Gasteiger partial charge on any atom is -0.390 e. The molecule has 13 heteroatoms. The fourth-order valence-electron chi connectivity index (χ4n) is 4.15. The van der Waals surface area contributed by atoms with Gasteiger partial charge in [0, 0.05) is 12.1 Å². The zero-order valence-electron chi connectivity index (χ0n) is 18.6. The summed E-state index contributed by atoms with van der Waals surface area (Å²) in [5.41, 5.74) is 4.22. The van der Waals surface area contributed by atoms with E-state index in [1.807, 2.05) is 0 Å². The lowest BCUT2D eigenvalue weighted by Crippen LogP contribution is -2.37. The van der Waals surface area contributed by atoms with E-state index < -0.39 is 35.6 Å². The maximum Gasteiger partial charge on any atom is 0.416 e. The maximum atomic E-state index is 13.8. The van der Waals surface area contributed by atoms with Crippen molar-refractivity contribution < 1.29 is 36.0 Å². The number of hydrogen-bond donors (Lipinski definition) is 3. The third-order valence-corrected chi connectivity index (χ3v) is 6.01. The Labute approximate surface area is 201 Å². The van der Waals surface area contributed by atoms with E-state index in [-0.39, 0.29) is 48.2 Å². The lowest BCUT2D eigenvalue weighted by Gasteiger charge is -2.22. The Morgan fingerprint density at radius 3 is 2.36 bits per heavy atom. The number of hydrogen-bond acceptors (Lipinski definition) is 5. The number of guanidine groups is 1. The number of aliphatic hydroxyl groups is 1. The second-order valence-electron chi connectivity index (χ2n) is 8.40. The molecule has 1 aliphatic rings. The summed E-state index contributed by atoms with van der Waals surface area (Å²) in [5, 5.41) is 21.6. The fraction of sp³-hybridized carbons (Fsp3) is 0.348. The molecule has 0 saturated carbocycles. The molecular weight excluding hydrogens is 492 g/mol. The minimum atomic E-state index is -4.70. The van der Waals surface area contributed by atoms with Crippen molar-refractivity contribution >= 4 is 5.96 Å². The summed E-state index contributed by atoms with van der Waals surface area (Å²) >= 11 is 0. The van der Waals surface area contributed by atoms with Gasteiger partial charge in [-0.2, -0.15) is 31.3 Å². The molecule has 1 aromatic heterocycles. The van der Waals surface area contributed by atoms with Gasteiger partial charge in [-0.1, -0.05) is 29.4 Å². The van der Waals surface area contributed by atoms with Crippen molar-refractivity contribution in [3.63, 3.8) is 0 Å². The average molecular weight is 513 g/mol. The molecule has 0 bridgehead atoms. The molecule has 4 rings (SSSR count). The zero-order valence-corrected chi connectivity index (χ0v) is 18.6. The molecular formula is C23H21F6N5O2. The zero-order chi connectivity index (χ0) is 26.3. The molecule has 192 valence electrons. The first kappa shape index (κ1) is 25.5. The van der Waals surface area contributed by atoms with Crippen LogP contribution in [0.15, 0.2) is 47.0 Å². The molecule has 2 heterocycles. The van der Waals surface area contributed by atoms with Gasteiger partial charge in [0.1, 0.15) is 6.04 Å². The number of rotatable bonds is 5. The first-order valence-corrected chi connectivity index (χ1v) is 10.8. The molecule has 3 aromatic rings. The predicted octanol–water partition coefficient (Wildman–Crippen LogP) is 4.56. The molecule has 0 aliphatic carbocycles. The predicted molar refractivity (Wildman–Crippen MR) is 116 cm³/mol. The molecule has 7 nitrogen and oxygen atoms in total. The number of benzene rings is 2. The molecule has 4 N–H and O–H groups in total. The van der Waals surface area contributed by atoms with Crippen molar-refractivity contribution in [2.45, 2.75) is 43.8 Å². The summed E-state index contributed by atoms with van der Waals surface area (Å²) in [6.07, 6.45) is -9.79. The number of aliphatic hydroxyl groups excluding tert-OH is 1. The Bertz CT molecular complexity index is 1240. The normalized spacial score (nSPS) is 18.6. The lowest BCUT2D eigenvalue weighted by atomic mass is 9.97. The van der Waals surface area contributed by atoms with Crippen molar-refractivity contribution in [2.75, 3.05) is 6.54 Å². The van der Waals surface area contributed by atoms with Crippen molar-refractivity contribution in [3.8, 4) is 11.4 Å². The Hall–Kier alpha value is -3.61. The van der Waals surface area contributed by atoms with Crippen LogP contribution in [0.3, 0.4) is 0 Å². The Balaban J connectivity index is 1.57. The first-order valence-electron chi connectivity index (χ1n) is 10.8. The second kappa shape index (κ2) is 9.45. The first-order chi connectivity index (χ1) is 16.8. The van der Waals surface area contributed by atoms with Crippen molar-refractivity contribution in [2.24, 2.45) is 5.73 Å². The fourth-order valence-corrected chi connectivity index (χ4v) is 4.15. The third kappa shape index (κ3) is 5.30. The molecule has 0 amide bonds. The average Bonchev–Trinajstić information content (AvgIpc) is 3.43. The molecule has 0 radical (unpaired) electrons. The van der Waals surface area contributed by atoms with E-state index in [4.69, 9.17) is 15.7 Å². The number of halogens is 6. The van der Waals surface area contributed by atoms with Crippen LogP contribution in [-0.2, 0) is 25.2 Å². The van der Waals surface area contributed by atoms with Crippen LogP contribution >= 0.6 is 0 Å². The molecule has 0 spiro atoms. The van der Waals surface area contributed by atoms with E-state index in [1.54, 1.807) is 0 Å². The van der Waals surface area contributed by atoms with Gasteiger partial charge in [0.05, 0.1) is 17.2 Å². The quantitative estimate of drug-likeness (QED) is 0.262. The van der Waals surface area contributed by atoms with Crippen LogP contribution in [0.25, 0.3) is 11.4 Å². The summed E-state index contributed by atoms with van der Waals surface area (Å²) < 4.78 is 84.8. The summed E-state index contributed by atoms with van der Waals surface area (Å²) in [6, 6.07) is 6.93. The number of aryl methyl sites for hydroxylation is 2. The summed E-state index contributed by atoms with van der Waals surface area (Å²) in [6.45, 7) is 0.282. The standard InChI is InChI=1S/C23H21F6N5O2/c24-22(25,26)15-7-2-12(3-8-15)1-4-13-5-6-14(11-16(13)23(27,28)29)19-32-20(36-33-19)18-17(35)9-10-34(18)21(30)31/h2-3,5-8,11,17-18,35H,1,4,9-10H2,(H3,30,31)/t17-,18-/m0/s1. The van der Waals surface area contributed by atoms with Crippen LogP contribution < -0.4 is 5.73 Å². The monoisotopic (exact) mass is 513 g/mol. The summed E-state index contributed by atoms with van der Waals surface area (Å²) in [5.74, 6) is -0.523. The van der Waals surface area contributed by atoms with Gasteiger partial charge >= 0.3 is 12.4 Å². The second-order valence-corrected chi connectivity index (χ2v) is 8.40. The van der Waals surface area contributed by atoms with Gasteiger partial charge in [-0.05, 0) is 48.6 Å². The highest BCUT2D eigenvalue weighted by atomic mass is 19.4. The maximum absolute atomic E-state index is 13.8. The van der Waals surface area contributed by atoms with E-state index in [9.17, 15) is 31.4 Å². The number of nitrogens with one attached hydrogen (secondary N) is 1. The van der Waals surface area contributed by atoms with Crippen LogP contribution in [-0.4, -0.2) is 38.8 Å². The highest BCUT2D eigenvalue weighted by Crippen LogP contribution is 2.37.